The molecule has 0 spiro atoms. The quantitative estimate of drug-likeness (QED) is 0.902. The summed E-state index contributed by atoms with van der Waals surface area (Å²) in [6.45, 7) is 2.04. The van der Waals surface area contributed by atoms with Gasteiger partial charge in [0, 0.05) is 17.1 Å². The molecule has 5 heteroatoms. The van der Waals surface area contributed by atoms with Crippen LogP contribution >= 0.6 is 11.3 Å². The molecule has 0 atom stereocenters. The molecule has 88 valence electrons. The average Bonchev–Trinajstić information content (AvgIpc) is 2.76. The lowest BCUT2D eigenvalue weighted by molar-refractivity contribution is -0.136. The molecule has 4 nitrogen and oxygen atoms in total. The molecule has 0 saturated carbocycles. The van der Waals surface area contributed by atoms with Gasteiger partial charge in [-0.15, -0.1) is 11.3 Å². The fourth-order valence-corrected chi connectivity index (χ4v) is 2.45. The van der Waals surface area contributed by atoms with Crippen LogP contribution in [0.4, 0.5) is 0 Å². The number of nitrogens with zero attached hydrogens (tertiary/aromatic N) is 2. The lowest BCUT2D eigenvalue weighted by Gasteiger charge is -2.02. The summed E-state index contributed by atoms with van der Waals surface area (Å²) < 4.78 is 0. The molecule has 0 aliphatic heterocycles. The maximum absolute atomic E-state index is 10.6. The lowest BCUT2D eigenvalue weighted by Crippen LogP contribution is -2.00. The van der Waals surface area contributed by atoms with Crippen LogP contribution in [-0.2, 0) is 17.6 Å². The zero-order valence-electron chi connectivity index (χ0n) is 9.38. The van der Waals surface area contributed by atoms with Crippen molar-refractivity contribution >= 4 is 17.3 Å². The van der Waals surface area contributed by atoms with Gasteiger partial charge in [0.1, 0.15) is 5.01 Å². The highest BCUT2D eigenvalue weighted by molar-refractivity contribution is 7.13. The minimum absolute atomic E-state index is 0.0295. The standard InChI is InChI=1S/C12H12N2O2S/c1-2-10-9(4-3-5-13-10)12-14-8(7-17-12)6-11(15)16/h3-5,7H,2,6H2,1H3,(H,15,16). The molecule has 1 N–H and O–H groups in total. The van der Waals surface area contributed by atoms with Gasteiger partial charge in [-0.1, -0.05) is 6.92 Å². The number of aliphatic carboxylic acids is 1. The first-order valence-corrected chi connectivity index (χ1v) is 6.19. The van der Waals surface area contributed by atoms with E-state index in [0.717, 1.165) is 22.7 Å². The largest absolute Gasteiger partial charge is 0.481 e. The van der Waals surface area contributed by atoms with Crippen LogP contribution in [0.5, 0.6) is 0 Å². The number of hydrogen-bond donors (Lipinski definition) is 1. The fourth-order valence-electron chi connectivity index (χ4n) is 1.58. The van der Waals surface area contributed by atoms with Crippen LogP contribution in [0.1, 0.15) is 18.3 Å². The number of aromatic nitrogens is 2. The van der Waals surface area contributed by atoms with Crippen molar-refractivity contribution in [3.8, 4) is 10.6 Å². The maximum Gasteiger partial charge on any atom is 0.309 e. The Hall–Kier alpha value is -1.75. The number of carboxylic acid groups (broad SMARTS) is 1. The Bertz CT molecular complexity index is 537. The molecule has 0 amide bonds. The van der Waals surface area contributed by atoms with E-state index < -0.39 is 5.97 Å². The zero-order valence-corrected chi connectivity index (χ0v) is 10.2. The first kappa shape index (κ1) is 11.7. The Morgan fingerprint density at radius 3 is 3.06 bits per heavy atom. The van der Waals surface area contributed by atoms with Gasteiger partial charge >= 0.3 is 5.97 Å². The Labute approximate surface area is 103 Å². The van der Waals surface area contributed by atoms with Crippen LogP contribution in [0.2, 0.25) is 0 Å². The summed E-state index contributed by atoms with van der Waals surface area (Å²) in [4.78, 5) is 19.2. The van der Waals surface area contributed by atoms with E-state index in [2.05, 4.69) is 9.97 Å². The topological polar surface area (TPSA) is 63.1 Å². The third-order valence-corrected chi connectivity index (χ3v) is 3.26. The zero-order chi connectivity index (χ0) is 12.3. The van der Waals surface area contributed by atoms with E-state index in [0.29, 0.717) is 5.69 Å². The number of aryl methyl sites for hydroxylation is 1. The van der Waals surface area contributed by atoms with Gasteiger partial charge in [0.05, 0.1) is 17.8 Å². The van der Waals surface area contributed by atoms with Crippen LogP contribution in [-0.4, -0.2) is 21.0 Å². The predicted molar refractivity (Wildman–Crippen MR) is 66.1 cm³/mol. The van der Waals surface area contributed by atoms with E-state index in [1.807, 2.05) is 19.1 Å². The van der Waals surface area contributed by atoms with Crippen LogP contribution in [0, 0.1) is 0 Å². The van der Waals surface area contributed by atoms with Gasteiger partial charge in [-0.2, -0.15) is 0 Å². The molecule has 0 bridgehead atoms. The van der Waals surface area contributed by atoms with Gasteiger partial charge in [-0.25, -0.2) is 4.98 Å². The highest BCUT2D eigenvalue weighted by Gasteiger charge is 2.10. The van der Waals surface area contributed by atoms with E-state index in [-0.39, 0.29) is 6.42 Å². The van der Waals surface area contributed by atoms with Crippen molar-refractivity contribution in [2.24, 2.45) is 0 Å². The SMILES string of the molecule is CCc1ncccc1-c1nc(CC(=O)O)cs1. The molecular weight excluding hydrogens is 236 g/mol. The summed E-state index contributed by atoms with van der Waals surface area (Å²) in [7, 11) is 0. The molecule has 0 fully saturated rings. The van der Waals surface area contributed by atoms with E-state index in [1.54, 1.807) is 11.6 Å². The summed E-state index contributed by atoms with van der Waals surface area (Å²) in [5.41, 5.74) is 2.59. The summed E-state index contributed by atoms with van der Waals surface area (Å²) in [5, 5.41) is 11.3. The van der Waals surface area contributed by atoms with Crippen molar-refractivity contribution in [1.29, 1.82) is 0 Å². The Morgan fingerprint density at radius 1 is 1.53 bits per heavy atom. The van der Waals surface area contributed by atoms with Crippen molar-refractivity contribution in [1.82, 2.24) is 9.97 Å². The maximum atomic E-state index is 10.6. The second-order valence-corrected chi connectivity index (χ2v) is 4.42. The van der Waals surface area contributed by atoms with Gasteiger partial charge in [-0.05, 0) is 18.6 Å². The van der Waals surface area contributed by atoms with Crippen molar-refractivity contribution < 1.29 is 9.90 Å². The molecular formula is C12H12N2O2S. The van der Waals surface area contributed by atoms with Gasteiger partial charge in [-0.3, -0.25) is 9.78 Å². The fraction of sp³-hybridized carbons (Fsp3) is 0.250. The minimum Gasteiger partial charge on any atom is -0.481 e. The van der Waals surface area contributed by atoms with Gasteiger partial charge in [0.2, 0.25) is 0 Å². The number of carboxylic acids is 1. The molecule has 0 saturated heterocycles. The molecule has 0 unspecified atom stereocenters. The summed E-state index contributed by atoms with van der Waals surface area (Å²) in [5.74, 6) is -0.858. The second-order valence-electron chi connectivity index (χ2n) is 3.57. The number of thiazole rings is 1. The minimum atomic E-state index is -0.858. The number of carbonyl (C=O) groups is 1. The second kappa shape index (κ2) is 5.05. The van der Waals surface area contributed by atoms with Crippen LogP contribution in [0.3, 0.4) is 0 Å². The molecule has 0 aliphatic carbocycles. The first-order valence-electron chi connectivity index (χ1n) is 5.31. The molecule has 0 radical (unpaired) electrons. The number of rotatable bonds is 4. The predicted octanol–water partition coefficient (Wildman–Crippen LogP) is 2.39. The monoisotopic (exact) mass is 248 g/mol. The third-order valence-electron chi connectivity index (χ3n) is 2.34. The molecule has 17 heavy (non-hydrogen) atoms. The molecule has 2 aromatic rings. The Morgan fingerprint density at radius 2 is 2.35 bits per heavy atom. The van der Waals surface area contributed by atoms with Crippen molar-refractivity contribution in [3.05, 3.63) is 35.1 Å². The van der Waals surface area contributed by atoms with Crippen LogP contribution < -0.4 is 0 Å². The van der Waals surface area contributed by atoms with Crippen molar-refractivity contribution in [3.63, 3.8) is 0 Å². The van der Waals surface area contributed by atoms with Gasteiger partial charge < -0.3 is 5.11 Å². The summed E-state index contributed by atoms with van der Waals surface area (Å²) >= 11 is 1.46. The highest BCUT2D eigenvalue weighted by atomic mass is 32.1. The molecule has 0 aliphatic rings. The normalized spacial score (nSPS) is 10.4. The van der Waals surface area contributed by atoms with E-state index in [1.165, 1.54) is 11.3 Å². The summed E-state index contributed by atoms with van der Waals surface area (Å²) in [6, 6.07) is 3.84. The van der Waals surface area contributed by atoms with E-state index in [4.69, 9.17) is 5.11 Å². The van der Waals surface area contributed by atoms with E-state index >= 15 is 0 Å². The third kappa shape index (κ3) is 2.68. The number of pyridine rings is 1. The number of hydrogen-bond acceptors (Lipinski definition) is 4. The first-order chi connectivity index (χ1) is 8.20. The van der Waals surface area contributed by atoms with E-state index in [9.17, 15) is 4.79 Å². The Balaban J connectivity index is 2.33. The van der Waals surface area contributed by atoms with Crippen molar-refractivity contribution in [2.45, 2.75) is 19.8 Å². The summed E-state index contributed by atoms with van der Waals surface area (Å²) in [6.07, 6.45) is 2.57. The van der Waals surface area contributed by atoms with Gasteiger partial charge in [0.15, 0.2) is 0 Å². The highest BCUT2D eigenvalue weighted by Crippen LogP contribution is 2.26. The molecule has 0 aromatic carbocycles. The molecule has 2 aromatic heterocycles. The Kier molecular flexibility index (Phi) is 3.49. The molecule has 2 heterocycles. The average molecular weight is 248 g/mol. The van der Waals surface area contributed by atoms with Crippen molar-refractivity contribution in [2.75, 3.05) is 0 Å². The lowest BCUT2D eigenvalue weighted by atomic mass is 10.1. The van der Waals surface area contributed by atoms with Crippen LogP contribution in [0.15, 0.2) is 23.7 Å². The van der Waals surface area contributed by atoms with Gasteiger partial charge in [0.25, 0.3) is 0 Å². The smallest absolute Gasteiger partial charge is 0.309 e. The van der Waals surface area contributed by atoms with Crippen LogP contribution in [0.25, 0.3) is 10.6 Å². The molecule has 2 rings (SSSR count).